The molecule has 1 aliphatic heterocycles. The maximum absolute atomic E-state index is 13.6. The van der Waals surface area contributed by atoms with Gasteiger partial charge in [0.05, 0.1) is 18.1 Å². The fourth-order valence-electron chi connectivity index (χ4n) is 5.06. The highest BCUT2D eigenvalue weighted by Gasteiger charge is 2.29. The Morgan fingerprint density at radius 2 is 1.94 bits per heavy atom. The van der Waals surface area contributed by atoms with Crippen LogP contribution in [0.4, 0.5) is 5.82 Å². The molecule has 0 bridgehead atoms. The summed E-state index contributed by atoms with van der Waals surface area (Å²) in [5.41, 5.74) is 1.10. The maximum atomic E-state index is 13.6. The van der Waals surface area contributed by atoms with Crippen molar-refractivity contribution in [2.24, 2.45) is 5.92 Å². The highest BCUT2D eigenvalue weighted by molar-refractivity contribution is 6.02. The molecule has 9 nitrogen and oxygen atoms in total. The monoisotopic (exact) mass is 491 g/mol. The second kappa shape index (κ2) is 11.4. The van der Waals surface area contributed by atoms with Gasteiger partial charge in [-0.3, -0.25) is 18.8 Å². The highest BCUT2D eigenvalue weighted by Crippen LogP contribution is 2.27. The molecular formula is C27H33N5O4. The molecule has 0 spiro atoms. The minimum absolute atomic E-state index is 0.0443. The van der Waals surface area contributed by atoms with Gasteiger partial charge in [0.2, 0.25) is 0 Å². The quantitative estimate of drug-likeness (QED) is 0.375. The van der Waals surface area contributed by atoms with Gasteiger partial charge in [0.15, 0.2) is 0 Å². The third-order valence-corrected chi connectivity index (χ3v) is 7.07. The molecule has 1 N–H and O–H groups in total. The number of anilines is 1. The zero-order valence-electron chi connectivity index (χ0n) is 21.0. The third kappa shape index (κ3) is 5.43. The minimum atomic E-state index is -0.467. The van der Waals surface area contributed by atoms with Crippen molar-refractivity contribution in [2.75, 3.05) is 24.6 Å². The number of hydrogen-bond donors (Lipinski definition) is 1. The van der Waals surface area contributed by atoms with Gasteiger partial charge in [-0.15, -0.1) is 0 Å². The Morgan fingerprint density at radius 1 is 1.22 bits per heavy atom. The van der Waals surface area contributed by atoms with Crippen molar-refractivity contribution >= 4 is 29.4 Å². The van der Waals surface area contributed by atoms with Crippen LogP contribution >= 0.6 is 0 Å². The first kappa shape index (κ1) is 25.4. The van der Waals surface area contributed by atoms with Crippen LogP contribution in [0.25, 0.3) is 11.7 Å². The summed E-state index contributed by atoms with van der Waals surface area (Å²) in [5.74, 6) is -0.440. The lowest BCUT2D eigenvalue weighted by atomic mass is 9.95. The van der Waals surface area contributed by atoms with Crippen molar-refractivity contribution in [3.8, 4) is 6.07 Å². The molecule has 1 saturated carbocycles. The number of carbonyl (C=O) groups excluding carboxylic acids is 2. The molecule has 2 fully saturated rings. The maximum Gasteiger partial charge on any atom is 0.309 e. The number of piperidine rings is 1. The number of nitriles is 1. The Morgan fingerprint density at radius 3 is 2.61 bits per heavy atom. The van der Waals surface area contributed by atoms with Gasteiger partial charge >= 0.3 is 5.97 Å². The molecule has 0 unspecified atom stereocenters. The smallest absolute Gasteiger partial charge is 0.309 e. The van der Waals surface area contributed by atoms with E-state index >= 15 is 0 Å². The van der Waals surface area contributed by atoms with Gasteiger partial charge in [0, 0.05) is 25.3 Å². The molecule has 190 valence electrons. The number of carbonyl (C=O) groups is 2. The average molecular weight is 492 g/mol. The van der Waals surface area contributed by atoms with E-state index in [0.717, 1.165) is 37.7 Å². The number of nitrogens with zero attached hydrogens (tertiary/aromatic N) is 4. The number of fused-ring (bicyclic) bond motifs is 1. The number of aromatic nitrogens is 2. The summed E-state index contributed by atoms with van der Waals surface area (Å²) in [6.45, 7) is 5.03. The van der Waals surface area contributed by atoms with Crippen molar-refractivity contribution in [2.45, 2.75) is 64.8 Å². The topological polar surface area (TPSA) is 117 Å². The minimum Gasteiger partial charge on any atom is -0.466 e. The number of aryl methyl sites for hydroxylation is 1. The van der Waals surface area contributed by atoms with Gasteiger partial charge in [-0.05, 0) is 57.2 Å². The Hall–Kier alpha value is -3.67. The largest absolute Gasteiger partial charge is 0.466 e. The van der Waals surface area contributed by atoms with E-state index in [4.69, 9.17) is 9.72 Å². The molecule has 1 aliphatic carbocycles. The Balaban J connectivity index is 1.71. The van der Waals surface area contributed by atoms with Crippen molar-refractivity contribution in [1.82, 2.24) is 14.7 Å². The summed E-state index contributed by atoms with van der Waals surface area (Å²) in [4.78, 5) is 45.5. The van der Waals surface area contributed by atoms with E-state index in [1.807, 2.05) is 24.0 Å². The molecule has 2 aromatic heterocycles. The molecule has 9 heteroatoms. The number of amides is 1. The lowest BCUT2D eigenvalue weighted by Gasteiger charge is -2.32. The van der Waals surface area contributed by atoms with Gasteiger partial charge in [-0.2, -0.15) is 5.26 Å². The second-order valence-electron chi connectivity index (χ2n) is 9.53. The van der Waals surface area contributed by atoms with Crippen LogP contribution in [0, 0.1) is 24.2 Å². The van der Waals surface area contributed by atoms with Crippen LogP contribution in [0.15, 0.2) is 28.7 Å². The van der Waals surface area contributed by atoms with Crippen LogP contribution in [0.5, 0.6) is 0 Å². The number of rotatable bonds is 6. The number of pyridine rings is 1. The summed E-state index contributed by atoms with van der Waals surface area (Å²) in [6, 6.07) is 5.68. The fraction of sp³-hybridized carbons (Fsp3) is 0.519. The number of nitrogens with one attached hydrogen (secondary N) is 1. The van der Waals surface area contributed by atoms with Crippen molar-refractivity contribution in [3.63, 3.8) is 0 Å². The number of ether oxygens (including phenoxy) is 1. The molecule has 1 saturated heterocycles. The van der Waals surface area contributed by atoms with Gasteiger partial charge < -0.3 is 15.0 Å². The first-order valence-corrected chi connectivity index (χ1v) is 12.8. The molecule has 2 aliphatic rings. The SMILES string of the molecule is CCOC(=O)C1CCN(c2nc3c(C)cccn3c(=O)c2/C=C(\C#N)C(=O)NC2CCCCC2)CC1. The predicted molar refractivity (Wildman–Crippen MR) is 136 cm³/mol. The Labute approximate surface area is 210 Å². The van der Waals surface area contributed by atoms with Crippen LogP contribution in [0.2, 0.25) is 0 Å². The molecule has 3 heterocycles. The number of hydrogen-bond acceptors (Lipinski definition) is 7. The number of esters is 1. The molecule has 0 atom stereocenters. The van der Waals surface area contributed by atoms with E-state index in [1.165, 1.54) is 10.5 Å². The van der Waals surface area contributed by atoms with Gasteiger partial charge in [-0.1, -0.05) is 25.3 Å². The molecule has 1 amide bonds. The molecule has 0 aromatic carbocycles. The molecule has 0 radical (unpaired) electrons. The van der Waals surface area contributed by atoms with E-state index in [9.17, 15) is 19.6 Å². The van der Waals surface area contributed by atoms with Crippen LogP contribution in [-0.4, -0.2) is 47.0 Å². The van der Waals surface area contributed by atoms with Crippen molar-refractivity contribution < 1.29 is 14.3 Å². The van der Waals surface area contributed by atoms with Crippen LogP contribution in [-0.2, 0) is 14.3 Å². The van der Waals surface area contributed by atoms with Crippen LogP contribution in [0.3, 0.4) is 0 Å². The summed E-state index contributed by atoms with van der Waals surface area (Å²) < 4.78 is 6.63. The molecule has 4 rings (SSSR count). The second-order valence-corrected chi connectivity index (χ2v) is 9.53. The predicted octanol–water partition coefficient (Wildman–Crippen LogP) is 3.14. The highest BCUT2D eigenvalue weighted by atomic mass is 16.5. The van der Waals surface area contributed by atoms with E-state index in [0.29, 0.717) is 44.0 Å². The van der Waals surface area contributed by atoms with Crippen molar-refractivity contribution in [3.05, 3.63) is 45.4 Å². The normalized spacial score (nSPS) is 17.6. The zero-order chi connectivity index (χ0) is 25.7. The first-order chi connectivity index (χ1) is 17.4. The van der Waals surface area contributed by atoms with E-state index in [-0.39, 0.29) is 34.6 Å². The first-order valence-electron chi connectivity index (χ1n) is 12.8. The van der Waals surface area contributed by atoms with E-state index in [2.05, 4.69) is 5.32 Å². The Bertz CT molecular complexity index is 1260. The Kier molecular flexibility index (Phi) is 8.04. The summed E-state index contributed by atoms with van der Waals surface area (Å²) in [5, 5.41) is 12.8. The third-order valence-electron chi connectivity index (χ3n) is 7.07. The van der Waals surface area contributed by atoms with Crippen LogP contribution in [0.1, 0.15) is 63.0 Å². The van der Waals surface area contributed by atoms with Gasteiger partial charge in [-0.25, -0.2) is 4.98 Å². The van der Waals surface area contributed by atoms with E-state index in [1.54, 1.807) is 19.2 Å². The fourth-order valence-corrected chi connectivity index (χ4v) is 5.06. The lowest BCUT2D eigenvalue weighted by Crippen LogP contribution is -2.39. The van der Waals surface area contributed by atoms with Crippen molar-refractivity contribution in [1.29, 1.82) is 5.26 Å². The summed E-state index contributed by atoms with van der Waals surface area (Å²) in [7, 11) is 0. The molecule has 2 aromatic rings. The standard InChI is InChI=1S/C27H33N5O4/c1-3-36-27(35)19-11-14-31(15-12-19)24-22(26(34)32-13-7-8-18(2)23(32)30-24)16-20(17-28)25(33)29-21-9-5-4-6-10-21/h7-8,13,16,19,21H,3-6,9-12,14-15H2,1-2H3,(H,29,33)/b20-16+. The van der Waals surface area contributed by atoms with E-state index < -0.39 is 5.91 Å². The molecule has 36 heavy (non-hydrogen) atoms. The van der Waals surface area contributed by atoms with Gasteiger partial charge in [0.1, 0.15) is 23.1 Å². The van der Waals surface area contributed by atoms with Crippen LogP contribution < -0.4 is 15.8 Å². The summed E-state index contributed by atoms with van der Waals surface area (Å²) in [6.07, 6.45) is 9.20. The molecular weight excluding hydrogens is 458 g/mol. The summed E-state index contributed by atoms with van der Waals surface area (Å²) >= 11 is 0. The average Bonchev–Trinajstić information content (AvgIpc) is 2.89. The van der Waals surface area contributed by atoms with Gasteiger partial charge in [0.25, 0.3) is 11.5 Å². The lowest BCUT2D eigenvalue weighted by molar-refractivity contribution is -0.148. The zero-order valence-corrected chi connectivity index (χ0v) is 21.0.